The van der Waals surface area contributed by atoms with Gasteiger partial charge in [-0.1, -0.05) is 29.4 Å². The van der Waals surface area contributed by atoms with Gasteiger partial charge in [-0.2, -0.15) is 0 Å². The normalized spacial score (nSPS) is 12.0. The lowest BCUT2D eigenvalue weighted by Crippen LogP contribution is -2.16. The van der Waals surface area contributed by atoms with Gasteiger partial charge in [-0.25, -0.2) is 13.8 Å². The molecule has 0 radical (unpaired) electrons. The molecule has 0 fully saturated rings. The fraction of sp³-hybridized carbons (Fsp3) is 0.100. The number of nitrogens with two attached hydrogens (primary N) is 1. The molecule has 0 aliphatic carbocycles. The molecule has 28 heavy (non-hydrogen) atoms. The van der Waals surface area contributed by atoms with Crippen LogP contribution in [0.25, 0.3) is 22.2 Å². The summed E-state index contributed by atoms with van der Waals surface area (Å²) in [7, 11) is 0. The molecule has 1 atom stereocenters. The fourth-order valence-electron chi connectivity index (χ4n) is 3.06. The summed E-state index contributed by atoms with van der Waals surface area (Å²) in [6, 6.07) is 14.1. The van der Waals surface area contributed by atoms with Crippen LogP contribution in [-0.4, -0.2) is 10.1 Å². The van der Waals surface area contributed by atoms with E-state index in [1.807, 2.05) is 24.3 Å². The molecule has 2 aromatic heterocycles. The second-order valence-corrected chi connectivity index (χ2v) is 6.94. The average molecular weight is 467 g/mol. The predicted molar refractivity (Wildman–Crippen MR) is 109 cm³/mol. The summed E-state index contributed by atoms with van der Waals surface area (Å²) in [5, 5.41) is 4.78. The Kier molecular flexibility index (Phi) is 6.07. The molecular formula is C20H15BrClF2N3O. The zero-order valence-electron chi connectivity index (χ0n) is 14.4. The number of fused-ring (bicyclic) bond motifs is 1. The molecule has 8 heteroatoms. The largest absolute Gasteiger partial charge is 0.356 e. The van der Waals surface area contributed by atoms with Crippen molar-refractivity contribution < 1.29 is 13.3 Å². The van der Waals surface area contributed by atoms with Crippen molar-refractivity contribution >= 4 is 39.3 Å². The standard InChI is InChI=1S/C20H14BrF2N3O.ClH/c21-19-8-7-15(23)17(25-19)10-16(24)12-3-1-2-4-13(12)20-14-6-5-11(22)9-18(14)27-26-20;/h1-9,16H,10,24H2;1H. The number of hydrogen-bond acceptors (Lipinski definition) is 4. The topological polar surface area (TPSA) is 64.9 Å². The Morgan fingerprint density at radius 1 is 1.07 bits per heavy atom. The van der Waals surface area contributed by atoms with E-state index in [-0.39, 0.29) is 24.5 Å². The Hall–Kier alpha value is -2.35. The maximum atomic E-state index is 14.1. The molecular weight excluding hydrogens is 452 g/mol. The van der Waals surface area contributed by atoms with Crippen LogP contribution in [-0.2, 0) is 6.42 Å². The molecule has 0 saturated heterocycles. The summed E-state index contributed by atoms with van der Waals surface area (Å²) in [6.07, 6.45) is 0.215. The lowest BCUT2D eigenvalue weighted by Gasteiger charge is -2.16. The summed E-state index contributed by atoms with van der Waals surface area (Å²) in [5.41, 5.74) is 9.11. The number of rotatable bonds is 4. The Bertz CT molecular complexity index is 1140. The van der Waals surface area contributed by atoms with Crippen LogP contribution in [0.1, 0.15) is 17.3 Å². The van der Waals surface area contributed by atoms with Crippen LogP contribution in [0.3, 0.4) is 0 Å². The van der Waals surface area contributed by atoms with Crippen molar-refractivity contribution in [2.24, 2.45) is 5.73 Å². The van der Waals surface area contributed by atoms with Gasteiger partial charge in [0.15, 0.2) is 5.58 Å². The first-order valence-electron chi connectivity index (χ1n) is 8.23. The average Bonchev–Trinajstić information content (AvgIpc) is 3.07. The molecule has 4 rings (SSSR count). The number of hydrogen-bond donors (Lipinski definition) is 1. The number of aromatic nitrogens is 2. The monoisotopic (exact) mass is 465 g/mol. The van der Waals surface area contributed by atoms with Crippen LogP contribution < -0.4 is 5.73 Å². The Morgan fingerprint density at radius 3 is 2.68 bits per heavy atom. The Labute approximate surface area is 174 Å². The molecule has 2 N–H and O–H groups in total. The molecule has 2 heterocycles. The molecule has 144 valence electrons. The van der Waals surface area contributed by atoms with E-state index in [9.17, 15) is 8.78 Å². The second kappa shape index (κ2) is 8.34. The zero-order valence-corrected chi connectivity index (χ0v) is 16.8. The highest BCUT2D eigenvalue weighted by Gasteiger charge is 2.19. The third kappa shape index (κ3) is 3.92. The molecule has 2 aromatic carbocycles. The van der Waals surface area contributed by atoms with E-state index < -0.39 is 17.7 Å². The first-order chi connectivity index (χ1) is 13.0. The quantitative estimate of drug-likeness (QED) is 0.398. The van der Waals surface area contributed by atoms with Crippen molar-refractivity contribution in [3.05, 3.63) is 82.1 Å². The lowest BCUT2D eigenvalue weighted by atomic mass is 9.94. The van der Waals surface area contributed by atoms with E-state index in [1.165, 1.54) is 18.2 Å². The number of nitrogens with zero attached hydrogens (tertiary/aromatic N) is 2. The van der Waals surface area contributed by atoms with Gasteiger partial charge >= 0.3 is 0 Å². The molecule has 0 amide bonds. The first-order valence-corrected chi connectivity index (χ1v) is 9.03. The van der Waals surface area contributed by atoms with E-state index in [1.54, 1.807) is 12.1 Å². The smallest absolute Gasteiger partial charge is 0.170 e. The minimum atomic E-state index is -0.510. The third-order valence-electron chi connectivity index (χ3n) is 4.35. The van der Waals surface area contributed by atoms with Crippen LogP contribution in [0.2, 0.25) is 0 Å². The van der Waals surface area contributed by atoms with Gasteiger partial charge in [0.25, 0.3) is 0 Å². The van der Waals surface area contributed by atoms with Crippen molar-refractivity contribution in [1.29, 1.82) is 0 Å². The highest BCUT2D eigenvalue weighted by Crippen LogP contribution is 2.33. The van der Waals surface area contributed by atoms with Gasteiger partial charge in [-0.05, 0) is 45.8 Å². The van der Waals surface area contributed by atoms with Gasteiger partial charge in [0.2, 0.25) is 0 Å². The molecule has 0 aliphatic rings. The number of benzene rings is 2. The van der Waals surface area contributed by atoms with Crippen LogP contribution in [0.4, 0.5) is 8.78 Å². The van der Waals surface area contributed by atoms with Gasteiger partial charge in [0.05, 0.1) is 5.69 Å². The van der Waals surface area contributed by atoms with Crippen molar-refractivity contribution in [3.8, 4) is 11.3 Å². The van der Waals surface area contributed by atoms with E-state index >= 15 is 0 Å². The highest BCUT2D eigenvalue weighted by atomic mass is 79.9. The number of halogens is 4. The third-order valence-corrected chi connectivity index (χ3v) is 4.79. The molecule has 0 saturated carbocycles. The maximum Gasteiger partial charge on any atom is 0.170 e. The van der Waals surface area contributed by atoms with Crippen LogP contribution >= 0.6 is 28.3 Å². The highest BCUT2D eigenvalue weighted by molar-refractivity contribution is 9.10. The predicted octanol–water partition coefficient (Wildman–Crippen LogP) is 5.59. The first kappa shape index (κ1) is 20.4. The second-order valence-electron chi connectivity index (χ2n) is 6.13. The van der Waals surface area contributed by atoms with Gasteiger partial charge < -0.3 is 10.3 Å². The van der Waals surface area contributed by atoms with Crippen molar-refractivity contribution in [2.45, 2.75) is 12.5 Å². The van der Waals surface area contributed by atoms with Crippen molar-refractivity contribution in [3.63, 3.8) is 0 Å². The van der Waals surface area contributed by atoms with E-state index in [2.05, 4.69) is 26.1 Å². The molecule has 4 aromatic rings. The maximum absolute atomic E-state index is 14.1. The molecule has 1 unspecified atom stereocenters. The fourth-order valence-corrected chi connectivity index (χ4v) is 3.41. The molecule has 0 bridgehead atoms. The number of pyridine rings is 1. The van der Waals surface area contributed by atoms with E-state index in [0.717, 1.165) is 11.1 Å². The summed E-state index contributed by atoms with van der Waals surface area (Å²) >= 11 is 3.25. The van der Waals surface area contributed by atoms with E-state index in [4.69, 9.17) is 10.3 Å². The summed E-state index contributed by atoms with van der Waals surface area (Å²) < 4.78 is 33.3. The van der Waals surface area contributed by atoms with E-state index in [0.29, 0.717) is 21.3 Å². The van der Waals surface area contributed by atoms with Crippen molar-refractivity contribution in [2.75, 3.05) is 0 Å². The SMILES string of the molecule is Cl.NC(Cc1nc(Br)ccc1F)c1ccccc1-c1noc2cc(F)ccc12. The zero-order chi connectivity index (χ0) is 19.0. The summed E-state index contributed by atoms with van der Waals surface area (Å²) in [4.78, 5) is 4.18. The van der Waals surface area contributed by atoms with Crippen molar-refractivity contribution in [1.82, 2.24) is 10.1 Å². The Balaban J connectivity index is 0.00000225. The Morgan fingerprint density at radius 2 is 1.86 bits per heavy atom. The summed E-state index contributed by atoms with van der Waals surface area (Å²) in [5.74, 6) is -0.806. The minimum absolute atomic E-state index is 0. The summed E-state index contributed by atoms with van der Waals surface area (Å²) in [6.45, 7) is 0. The van der Waals surface area contributed by atoms with Gasteiger partial charge in [0, 0.05) is 29.5 Å². The lowest BCUT2D eigenvalue weighted by molar-refractivity contribution is 0.457. The molecule has 0 aliphatic heterocycles. The van der Waals surface area contributed by atoms with Gasteiger partial charge in [-0.15, -0.1) is 12.4 Å². The van der Waals surface area contributed by atoms with Crippen LogP contribution in [0.5, 0.6) is 0 Å². The van der Waals surface area contributed by atoms with Gasteiger partial charge in [-0.3, -0.25) is 0 Å². The van der Waals surface area contributed by atoms with Crippen LogP contribution in [0.15, 0.2) is 63.7 Å². The molecule has 0 spiro atoms. The minimum Gasteiger partial charge on any atom is -0.356 e. The van der Waals surface area contributed by atoms with Crippen LogP contribution in [0, 0.1) is 11.6 Å². The van der Waals surface area contributed by atoms with Gasteiger partial charge in [0.1, 0.15) is 21.9 Å². The molecule has 4 nitrogen and oxygen atoms in total.